The number of rotatable bonds is 5. The quantitative estimate of drug-likeness (QED) is 0.843. The fraction of sp³-hybridized carbons (Fsp3) is 0.368. The van der Waals surface area contributed by atoms with Gasteiger partial charge < -0.3 is 15.5 Å². The lowest BCUT2D eigenvalue weighted by atomic mass is 10.1. The summed E-state index contributed by atoms with van der Waals surface area (Å²) in [5, 5.41) is 9.77. The van der Waals surface area contributed by atoms with Gasteiger partial charge >= 0.3 is 0 Å². The number of carbonyl (C=O) groups is 3. The van der Waals surface area contributed by atoms with Gasteiger partial charge in [-0.3, -0.25) is 19.1 Å². The molecule has 1 aromatic heterocycles. The van der Waals surface area contributed by atoms with E-state index in [1.54, 1.807) is 34.0 Å². The first kappa shape index (κ1) is 17.3. The monoisotopic (exact) mass is 367 g/mol. The van der Waals surface area contributed by atoms with E-state index in [1.807, 2.05) is 12.3 Å². The summed E-state index contributed by atoms with van der Waals surface area (Å²) in [5.74, 6) is -0.429. The Hall–Kier alpha value is -3.16. The number of hydrogen-bond donors (Lipinski definition) is 2. The molecule has 3 heterocycles. The Morgan fingerprint density at radius 3 is 3.04 bits per heavy atom. The van der Waals surface area contributed by atoms with Gasteiger partial charge in [0.05, 0.1) is 11.3 Å². The van der Waals surface area contributed by atoms with Crippen LogP contribution in [-0.4, -0.2) is 45.0 Å². The maximum atomic E-state index is 12.8. The molecule has 4 rings (SSSR count). The lowest BCUT2D eigenvalue weighted by molar-refractivity contribution is -0.119. The summed E-state index contributed by atoms with van der Waals surface area (Å²) in [4.78, 5) is 38.9. The van der Waals surface area contributed by atoms with E-state index >= 15 is 0 Å². The van der Waals surface area contributed by atoms with Gasteiger partial charge in [0.25, 0.3) is 5.91 Å². The molecule has 0 saturated carbocycles. The second-order valence-corrected chi connectivity index (χ2v) is 6.83. The van der Waals surface area contributed by atoms with Crippen LogP contribution < -0.4 is 10.6 Å². The van der Waals surface area contributed by atoms with Gasteiger partial charge in [-0.15, -0.1) is 0 Å². The molecule has 2 aliphatic heterocycles. The van der Waals surface area contributed by atoms with Crippen molar-refractivity contribution in [1.29, 1.82) is 0 Å². The molecule has 3 amide bonds. The minimum absolute atomic E-state index is 0.119. The van der Waals surface area contributed by atoms with Gasteiger partial charge in [0.15, 0.2) is 0 Å². The summed E-state index contributed by atoms with van der Waals surface area (Å²) in [6.45, 7) is 1.26. The average Bonchev–Trinajstić information content (AvgIpc) is 3.32. The number of nitrogens with zero attached hydrogens (tertiary/aromatic N) is 3. The zero-order valence-corrected chi connectivity index (χ0v) is 14.9. The molecule has 0 bridgehead atoms. The van der Waals surface area contributed by atoms with Crippen molar-refractivity contribution in [3.8, 4) is 0 Å². The van der Waals surface area contributed by atoms with Crippen LogP contribution in [0.3, 0.4) is 0 Å². The Morgan fingerprint density at radius 1 is 1.33 bits per heavy atom. The molecule has 0 radical (unpaired) electrons. The van der Waals surface area contributed by atoms with Crippen molar-refractivity contribution in [1.82, 2.24) is 14.7 Å². The summed E-state index contributed by atoms with van der Waals surface area (Å²) in [7, 11) is 0. The molecule has 8 heteroatoms. The third kappa shape index (κ3) is 3.55. The van der Waals surface area contributed by atoms with E-state index < -0.39 is 6.04 Å². The maximum absolute atomic E-state index is 12.8. The van der Waals surface area contributed by atoms with E-state index in [9.17, 15) is 14.4 Å². The molecule has 140 valence electrons. The van der Waals surface area contributed by atoms with Crippen LogP contribution in [0.2, 0.25) is 0 Å². The lowest BCUT2D eigenvalue weighted by Gasteiger charge is -2.20. The van der Waals surface area contributed by atoms with Crippen LogP contribution in [0.25, 0.3) is 0 Å². The fourth-order valence-electron chi connectivity index (χ4n) is 3.62. The molecule has 27 heavy (non-hydrogen) atoms. The first-order chi connectivity index (χ1) is 13.1. The fourth-order valence-corrected chi connectivity index (χ4v) is 3.62. The summed E-state index contributed by atoms with van der Waals surface area (Å²) < 4.78 is 1.78. The van der Waals surface area contributed by atoms with E-state index in [-0.39, 0.29) is 17.7 Å². The number of anilines is 2. The predicted molar refractivity (Wildman–Crippen MR) is 99.2 cm³/mol. The molecule has 8 nitrogen and oxygen atoms in total. The van der Waals surface area contributed by atoms with Crippen LogP contribution >= 0.6 is 0 Å². The second-order valence-electron chi connectivity index (χ2n) is 6.83. The maximum Gasteiger partial charge on any atom is 0.256 e. The van der Waals surface area contributed by atoms with E-state index in [1.165, 1.54) is 0 Å². The van der Waals surface area contributed by atoms with Crippen molar-refractivity contribution in [2.24, 2.45) is 0 Å². The highest BCUT2D eigenvalue weighted by Gasteiger charge is 2.38. The Bertz CT molecular complexity index is 877. The lowest BCUT2D eigenvalue weighted by Crippen LogP contribution is -2.40. The smallest absolute Gasteiger partial charge is 0.256 e. The zero-order chi connectivity index (χ0) is 18.8. The number of carbonyl (C=O) groups excluding carboxylic acids is 3. The number of benzene rings is 1. The molecule has 0 unspecified atom stereocenters. The van der Waals surface area contributed by atoms with Crippen molar-refractivity contribution in [3.63, 3.8) is 0 Å². The minimum atomic E-state index is -0.398. The van der Waals surface area contributed by atoms with Gasteiger partial charge in [-0.05, 0) is 43.5 Å². The van der Waals surface area contributed by atoms with Crippen molar-refractivity contribution in [2.45, 2.75) is 38.3 Å². The molecule has 1 saturated heterocycles. The van der Waals surface area contributed by atoms with Gasteiger partial charge in [0.2, 0.25) is 11.8 Å². The van der Waals surface area contributed by atoms with Crippen LogP contribution in [0.15, 0.2) is 36.7 Å². The van der Waals surface area contributed by atoms with Gasteiger partial charge in [-0.1, -0.05) is 0 Å². The molecule has 0 aliphatic carbocycles. The third-order valence-corrected chi connectivity index (χ3v) is 4.96. The molecule has 2 aliphatic rings. The molecular weight excluding hydrogens is 346 g/mol. The normalized spacial score (nSPS) is 18.5. The third-order valence-electron chi connectivity index (χ3n) is 4.96. The van der Waals surface area contributed by atoms with Crippen LogP contribution in [-0.2, 0) is 16.1 Å². The van der Waals surface area contributed by atoms with Crippen LogP contribution in [0.1, 0.15) is 36.0 Å². The number of aromatic nitrogens is 2. The molecule has 2 aromatic rings. The topological polar surface area (TPSA) is 96.3 Å². The van der Waals surface area contributed by atoms with Crippen LogP contribution in [0, 0.1) is 0 Å². The molecule has 1 atom stereocenters. The summed E-state index contributed by atoms with van der Waals surface area (Å²) in [6.07, 6.45) is 6.10. The van der Waals surface area contributed by atoms with Gasteiger partial charge in [-0.2, -0.15) is 5.10 Å². The minimum Gasteiger partial charge on any atom is -0.327 e. The number of aryl methyl sites for hydroxylation is 1. The summed E-state index contributed by atoms with van der Waals surface area (Å²) in [5.41, 5.74) is 1.47. The van der Waals surface area contributed by atoms with Crippen molar-refractivity contribution in [3.05, 3.63) is 42.2 Å². The molecule has 1 fully saturated rings. The molecule has 0 spiro atoms. The number of hydrogen-bond acceptors (Lipinski definition) is 4. The number of amides is 3. The van der Waals surface area contributed by atoms with Gasteiger partial charge in [0, 0.05) is 37.6 Å². The van der Waals surface area contributed by atoms with Crippen LogP contribution in [0.4, 0.5) is 11.4 Å². The first-order valence-electron chi connectivity index (χ1n) is 9.15. The highest BCUT2D eigenvalue weighted by atomic mass is 16.2. The Morgan fingerprint density at radius 2 is 2.22 bits per heavy atom. The standard InChI is InChI=1S/C19H21N5O3/c25-17(5-2-9-23-10-3-8-20-23)21-13-6-7-15-14(12-13)19(27)24-11-1-4-16(24)18(26)22-15/h3,6-8,10,12,16H,1-2,4-5,9,11H2,(H,21,25)(H,22,26)/t16-/m1/s1. The molecule has 1 aromatic carbocycles. The van der Waals surface area contributed by atoms with E-state index in [4.69, 9.17) is 0 Å². The zero-order valence-electron chi connectivity index (χ0n) is 14.9. The largest absolute Gasteiger partial charge is 0.327 e. The molecule has 2 N–H and O–H groups in total. The summed E-state index contributed by atoms with van der Waals surface area (Å²) in [6, 6.07) is 6.46. The number of fused-ring (bicyclic) bond motifs is 2. The predicted octanol–water partition coefficient (Wildman–Crippen LogP) is 1.86. The van der Waals surface area contributed by atoms with E-state index in [0.717, 1.165) is 6.42 Å². The van der Waals surface area contributed by atoms with Gasteiger partial charge in [0.1, 0.15) is 6.04 Å². The van der Waals surface area contributed by atoms with Crippen molar-refractivity contribution < 1.29 is 14.4 Å². The Balaban J connectivity index is 1.43. The SMILES string of the molecule is O=C(CCCn1cccn1)Nc1ccc2c(c1)C(=O)N1CCC[C@@H]1C(=O)N2. The second kappa shape index (κ2) is 7.22. The van der Waals surface area contributed by atoms with Crippen LogP contribution in [0.5, 0.6) is 0 Å². The highest BCUT2D eigenvalue weighted by molar-refractivity contribution is 6.11. The Labute approximate surface area is 156 Å². The molecular formula is C19H21N5O3. The van der Waals surface area contributed by atoms with Crippen molar-refractivity contribution >= 4 is 29.1 Å². The highest BCUT2D eigenvalue weighted by Crippen LogP contribution is 2.30. The Kier molecular flexibility index (Phi) is 4.62. The van der Waals surface area contributed by atoms with E-state index in [2.05, 4.69) is 15.7 Å². The number of nitrogens with one attached hydrogen (secondary N) is 2. The first-order valence-corrected chi connectivity index (χ1v) is 9.15. The summed E-state index contributed by atoms with van der Waals surface area (Å²) >= 11 is 0. The van der Waals surface area contributed by atoms with Gasteiger partial charge in [-0.25, -0.2) is 0 Å². The van der Waals surface area contributed by atoms with Crippen molar-refractivity contribution in [2.75, 3.05) is 17.2 Å². The average molecular weight is 367 g/mol. The van der Waals surface area contributed by atoms with E-state index in [0.29, 0.717) is 49.3 Å².